The Kier molecular flexibility index (Phi) is 6.41. The summed E-state index contributed by atoms with van der Waals surface area (Å²) in [7, 11) is -1.59. The smallest absolute Gasteiger partial charge is 0.251 e. The Bertz CT molecular complexity index is 1830. The van der Waals surface area contributed by atoms with Crippen molar-refractivity contribution < 1.29 is 17.9 Å². The summed E-state index contributed by atoms with van der Waals surface area (Å²) < 4.78 is 32.3. The van der Waals surface area contributed by atoms with Crippen molar-refractivity contribution in [3.8, 4) is 22.5 Å². The molecule has 0 saturated heterocycles. The number of carbonyl (C=O) groups excluding carboxylic acids is 1. The van der Waals surface area contributed by atoms with Gasteiger partial charge in [0.25, 0.3) is 5.91 Å². The molecule has 2 aromatic carbocycles. The first kappa shape index (κ1) is 24.9. The van der Waals surface area contributed by atoms with Crippen molar-refractivity contribution in [2.75, 3.05) is 12.4 Å². The summed E-state index contributed by atoms with van der Waals surface area (Å²) in [6, 6.07) is 20.6. The highest BCUT2D eigenvalue weighted by atomic mass is 32.2. The minimum atomic E-state index is -3.50. The van der Waals surface area contributed by atoms with Gasteiger partial charge in [0.2, 0.25) is 0 Å². The molecular weight excluding hydrogens is 514 g/mol. The first-order valence-corrected chi connectivity index (χ1v) is 14.1. The van der Waals surface area contributed by atoms with Crippen LogP contribution in [0.3, 0.4) is 0 Å². The molecule has 0 aliphatic carbocycles. The van der Waals surface area contributed by atoms with Crippen LogP contribution >= 0.6 is 0 Å². The van der Waals surface area contributed by atoms with Gasteiger partial charge in [-0.05, 0) is 48.0 Å². The number of rotatable bonds is 5. The predicted octanol–water partition coefficient (Wildman–Crippen LogP) is 3.93. The summed E-state index contributed by atoms with van der Waals surface area (Å²) in [6.07, 6.45) is 3.50. The molecular formula is C29H25N5O4S. The SMILES string of the molecule is Cn1nccc1-c1cccc(-c2ccc3cnc(CNC(=O)c4ccc5c(c4)S(=O)(=O)CCOC5)cc3n2)c1. The second-order valence-corrected chi connectivity index (χ2v) is 11.4. The van der Waals surface area contributed by atoms with Gasteiger partial charge in [-0.3, -0.25) is 14.5 Å². The summed E-state index contributed by atoms with van der Waals surface area (Å²) in [5.74, 6) is -0.483. The molecule has 1 N–H and O–H groups in total. The largest absolute Gasteiger partial charge is 0.376 e. The molecule has 4 heterocycles. The first-order chi connectivity index (χ1) is 18.9. The van der Waals surface area contributed by atoms with Crippen LogP contribution in [0, 0.1) is 0 Å². The summed E-state index contributed by atoms with van der Waals surface area (Å²) in [5.41, 5.74) is 6.09. The van der Waals surface area contributed by atoms with Gasteiger partial charge in [-0.1, -0.05) is 24.3 Å². The third kappa shape index (κ3) is 5.04. The van der Waals surface area contributed by atoms with Crippen molar-refractivity contribution in [1.82, 2.24) is 25.1 Å². The third-order valence-corrected chi connectivity index (χ3v) is 8.51. The second kappa shape index (κ2) is 10.0. The van der Waals surface area contributed by atoms with E-state index in [1.54, 1.807) is 24.5 Å². The van der Waals surface area contributed by atoms with Crippen molar-refractivity contribution in [1.29, 1.82) is 0 Å². The normalized spacial score (nSPS) is 14.5. The Morgan fingerprint density at radius 2 is 1.92 bits per heavy atom. The van der Waals surface area contributed by atoms with Gasteiger partial charge in [-0.15, -0.1) is 0 Å². The molecule has 10 heteroatoms. The molecule has 0 fully saturated rings. The van der Waals surface area contributed by atoms with Crippen LogP contribution in [0.5, 0.6) is 0 Å². The molecule has 0 atom stereocenters. The molecule has 1 amide bonds. The van der Waals surface area contributed by atoms with Gasteiger partial charge in [-0.2, -0.15) is 5.10 Å². The molecule has 196 valence electrons. The number of sulfone groups is 1. The predicted molar refractivity (Wildman–Crippen MR) is 146 cm³/mol. The van der Waals surface area contributed by atoms with E-state index in [1.807, 2.05) is 54.2 Å². The summed E-state index contributed by atoms with van der Waals surface area (Å²) in [4.78, 5) is 22.3. The van der Waals surface area contributed by atoms with E-state index in [4.69, 9.17) is 9.72 Å². The van der Waals surface area contributed by atoms with Crippen molar-refractivity contribution in [3.05, 3.63) is 95.9 Å². The Hall–Kier alpha value is -4.41. The third-order valence-electron chi connectivity index (χ3n) is 6.75. The summed E-state index contributed by atoms with van der Waals surface area (Å²) in [6.45, 7) is 0.515. The topological polar surface area (TPSA) is 116 Å². The average molecular weight is 540 g/mol. The first-order valence-electron chi connectivity index (χ1n) is 12.4. The molecule has 0 spiro atoms. The van der Waals surface area contributed by atoms with E-state index in [2.05, 4.69) is 21.5 Å². The maximum absolute atomic E-state index is 12.9. The van der Waals surface area contributed by atoms with E-state index in [9.17, 15) is 13.2 Å². The number of aromatic nitrogens is 4. The van der Waals surface area contributed by atoms with Crippen LogP contribution in [0.15, 0.2) is 84.0 Å². The highest BCUT2D eigenvalue weighted by molar-refractivity contribution is 7.91. The van der Waals surface area contributed by atoms with E-state index in [0.29, 0.717) is 11.3 Å². The van der Waals surface area contributed by atoms with Crippen LogP contribution in [0.25, 0.3) is 33.4 Å². The van der Waals surface area contributed by atoms with Gasteiger partial charge in [0.1, 0.15) is 0 Å². The lowest BCUT2D eigenvalue weighted by Gasteiger charge is -2.10. The minimum absolute atomic E-state index is 0.102. The van der Waals surface area contributed by atoms with E-state index in [0.717, 1.165) is 33.4 Å². The molecule has 5 aromatic rings. The van der Waals surface area contributed by atoms with Gasteiger partial charge in [-0.25, -0.2) is 13.4 Å². The number of nitrogens with one attached hydrogen (secondary N) is 1. The highest BCUT2D eigenvalue weighted by Crippen LogP contribution is 2.27. The quantitative estimate of drug-likeness (QED) is 0.360. The molecule has 3 aromatic heterocycles. The highest BCUT2D eigenvalue weighted by Gasteiger charge is 2.23. The number of hydrogen-bond donors (Lipinski definition) is 1. The minimum Gasteiger partial charge on any atom is -0.376 e. The van der Waals surface area contributed by atoms with Gasteiger partial charge in [0, 0.05) is 41.5 Å². The number of benzene rings is 2. The average Bonchev–Trinajstić information content (AvgIpc) is 3.32. The number of carbonyl (C=O) groups is 1. The fourth-order valence-electron chi connectivity index (χ4n) is 4.65. The Labute approximate surface area is 225 Å². The molecule has 0 radical (unpaired) electrons. The Balaban J connectivity index is 1.22. The van der Waals surface area contributed by atoms with Crippen molar-refractivity contribution in [2.45, 2.75) is 18.0 Å². The van der Waals surface area contributed by atoms with Crippen LogP contribution in [-0.2, 0) is 34.8 Å². The molecule has 6 rings (SSSR count). The van der Waals surface area contributed by atoms with Gasteiger partial charge < -0.3 is 10.1 Å². The number of hydrogen-bond acceptors (Lipinski definition) is 7. The van der Waals surface area contributed by atoms with Crippen LogP contribution < -0.4 is 5.32 Å². The zero-order valence-corrected chi connectivity index (χ0v) is 22.0. The monoisotopic (exact) mass is 539 g/mol. The van der Waals surface area contributed by atoms with E-state index >= 15 is 0 Å². The number of pyridine rings is 2. The van der Waals surface area contributed by atoms with Gasteiger partial charge in [0.15, 0.2) is 9.84 Å². The molecule has 1 aliphatic rings. The number of aryl methyl sites for hydroxylation is 1. The second-order valence-electron chi connectivity index (χ2n) is 9.36. The maximum atomic E-state index is 12.9. The van der Waals surface area contributed by atoms with Crippen LogP contribution in [0.1, 0.15) is 21.6 Å². The van der Waals surface area contributed by atoms with Crippen molar-refractivity contribution in [2.24, 2.45) is 7.05 Å². The summed E-state index contributed by atoms with van der Waals surface area (Å²) >= 11 is 0. The lowest BCUT2D eigenvalue weighted by atomic mass is 10.0. The fraction of sp³-hybridized carbons (Fsp3) is 0.172. The molecule has 0 saturated carbocycles. The molecule has 1 aliphatic heterocycles. The van der Waals surface area contributed by atoms with Crippen LogP contribution in [-0.4, -0.2) is 46.4 Å². The molecule has 9 nitrogen and oxygen atoms in total. The zero-order chi connectivity index (χ0) is 27.0. The van der Waals surface area contributed by atoms with Crippen LogP contribution in [0.4, 0.5) is 0 Å². The molecule has 39 heavy (non-hydrogen) atoms. The number of amides is 1. The summed E-state index contributed by atoms with van der Waals surface area (Å²) in [5, 5.41) is 7.98. The number of ether oxygens (including phenoxy) is 1. The molecule has 0 bridgehead atoms. The van der Waals surface area contributed by atoms with Crippen molar-refractivity contribution in [3.63, 3.8) is 0 Å². The lowest BCUT2D eigenvalue weighted by Crippen LogP contribution is -2.23. The van der Waals surface area contributed by atoms with E-state index in [1.165, 1.54) is 6.07 Å². The molecule has 0 unspecified atom stereocenters. The zero-order valence-electron chi connectivity index (χ0n) is 21.2. The Morgan fingerprint density at radius 1 is 1.05 bits per heavy atom. The number of fused-ring (bicyclic) bond motifs is 2. The lowest BCUT2D eigenvalue weighted by molar-refractivity contribution is 0.0950. The number of nitrogens with zero attached hydrogens (tertiary/aromatic N) is 4. The Morgan fingerprint density at radius 3 is 2.77 bits per heavy atom. The fourth-order valence-corrected chi connectivity index (χ4v) is 6.04. The standard InChI is InChI=1S/C29H25N5O4S/c1-34-27(9-10-32-34)20-4-2-3-19(13-20)25-8-7-22-16-30-24(15-26(22)33-25)17-31-29(35)21-5-6-23-18-38-11-12-39(36,37)28(23)14-21/h2-10,13-16H,11-12,17-18H2,1H3,(H,31,35). The van der Waals surface area contributed by atoms with Crippen molar-refractivity contribution >= 4 is 26.6 Å². The van der Waals surface area contributed by atoms with Crippen LogP contribution in [0.2, 0.25) is 0 Å². The van der Waals surface area contributed by atoms with Gasteiger partial charge >= 0.3 is 0 Å². The maximum Gasteiger partial charge on any atom is 0.251 e. The van der Waals surface area contributed by atoms with E-state index < -0.39 is 9.84 Å². The van der Waals surface area contributed by atoms with Gasteiger partial charge in [0.05, 0.1) is 53.0 Å². The van der Waals surface area contributed by atoms with E-state index in [-0.39, 0.29) is 41.9 Å².